The van der Waals surface area contributed by atoms with Gasteiger partial charge in [0.05, 0.1) is 21.6 Å². The molecule has 0 saturated heterocycles. The van der Waals surface area contributed by atoms with Gasteiger partial charge in [0.15, 0.2) is 5.78 Å². The lowest BCUT2D eigenvalue weighted by Crippen LogP contribution is -2.47. The number of nitrogens with zero attached hydrogens (tertiary/aromatic N) is 2. The van der Waals surface area contributed by atoms with Gasteiger partial charge in [-0.2, -0.15) is 10.2 Å². The fraction of sp³-hybridized carbons (Fsp3) is 0.391. The van der Waals surface area contributed by atoms with Gasteiger partial charge >= 0.3 is 0 Å². The second-order valence-corrected chi connectivity index (χ2v) is 9.61. The van der Waals surface area contributed by atoms with E-state index in [-0.39, 0.29) is 11.7 Å². The molecule has 2 saturated carbocycles. The third-order valence-electron chi connectivity index (χ3n) is 7.29. The van der Waals surface area contributed by atoms with Crippen molar-refractivity contribution in [3.05, 3.63) is 54.6 Å². The highest BCUT2D eigenvalue weighted by Crippen LogP contribution is 2.72. The molecule has 2 aromatic carbocycles. The van der Waals surface area contributed by atoms with Crippen LogP contribution in [0.5, 0.6) is 0 Å². The number of amides is 1. The molecule has 29 heavy (non-hydrogen) atoms. The number of hydrogen-bond acceptors (Lipinski definition) is 4. The molecule has 0 aliphatic heterocycles. The van der Waals surface area contributed by atoms with Crippen molar-refractivity contribution in [2.24, 2.45) is 26.5 Å². The molecular weight excluding hydrogens is 430 g/mol. The van der Waals surface area contributed by atoms with E-state index in [1.807, 2.05) is 75.4 Å². The average Bonchev–Trinajstić information content (AvgIpc) is 2.99. The molecule has 2 bridgehead atoms. The topological polar surface area (TPSA) is 70.9 Å². The van der Waals surface area contributed by atoms with Crippen LogP contribution in [0, 0.1) is 16.2 Å². The summed E-state index contributed by atoms with van der Waals surface area (Å²) in [6.45, 7) is 6.09. The lowest BCUT2D eigenvalue weighted by molar-refractivity contribution is -0.130. The first-order chi connectivity index (χ1) is 13.7. The van der Waals surface area contributed by atoms with Crippen molar-refractivity contribution in [3.63, 3.8) is 0 Å². The molecule has 4 rings (SSSR count). The highest BCUT2D eigenvalue weighted by Gasteiger charge is 2.76. The standard InChI is InChI=1S/C23H24BrN3O2/c1-21(2)22(3)13-14-23(21,18(24)19(22)28)20(29)25-15-9-11-17(12-10-15)27-26-16-7-5-4-6-8-16/h4-12,18H,13-14H2,1-3H3,(H,25,29)/t18-,22-,23-/m0/s1. The molecule has 1 amide bonds. The normalized spacial score (nSPS) is 30.1. The number of nitrogens with one attached hydrogen (secondary N) is 1. The Kier molecular flexibility index (Phi) is 4.73. The summed E-state index contributed by atoms with van der Waals surface area (Å²) in [6, 6.07) is 16.8. The van der Waals surface area contributed by atoms with Crippen LogP contribution in [-0.2, 0) is 9.59 Å². The Morgan fingerprint density at radius 1 is 0.966 bits per heavy atom. The second-order valence-electron chi connectivity index (χ2n) is 8.69. The van der Waals surface area contributed by atoms with E-state index in [1.165, 1.54) is 0 Å². The van der Waals surface area contributed by atoms with Crippen LogP contribution in [0.1, 0.15) is 33.6 Å². The van der Waals surface area contributed by atoms with E-state index in [2.05, 4.69) is 31.5 Å². The van der Waals surface area contributed by atoms with Gasteiger partial charge in [-0.05, 0) is 54.7 Å². The van der Waals surface area contributed by atoms with E-state index in [0.717, 1.165) is 12.1 Å². The molecule has 0 radical (unpaired) electrons. The summed E-state index contributed by atoms with van der Waals surface area (Å²) in [4.78, 5) is 25.8. The molecule has 2 aromatic rings. The summed E-state index contributed by atoms with van der Waals surface area (Å²) in [5.41, 5.74) is 0.536. The number of rotatable bonds is 4. The fourth-order valence-electron chi connectivity index (χ4n) is 4.92. The third-order valence-corrected chi connectivity index (χ3v) is 8.49. The van der Waals surface area contributed by atoms with Crippen LogP contribution in [0.2, 0.25) is 0 Å². The first kappa shape index (κ1) is 20.0. The van der Waals surface area contributed by atoms with E-state index in [0.29, 0.717) is 17.8 Å². The first-order valence-corrected chi connectivity index (χ1v) is 10.7. The molecule has 2 aliphatic carbocycles. The average molecular weight is 454 g/mol. The van der Waals surface area contributed by atoms with E-state index >= 15 is 0 Å². The summed E-state index contributed by atoms with van der Waals surface area (Å²) in [6.07, 6.45) is 1.44. The SMILES string of the molecule is CC1(C)[C@@]2(C)CC[C@@]1(C(=O)Nc1ccc(N=Nc3ccccc3)cc1)[C@@H](Br)C2=O. The number of hydrogen-bond donors (Lipinski definition) is 1. The van der Waals surface area contributed by atoms with Crippen LogP contribution in [0.25, 0.3) is 0 Å². The Morgan fingerprint density at radius 2 is 1.55 bits per heavy atom. The van der Waals surface area contributed by atoms with Crippen molar-refractivity contribution < 1.29 is 9.59 Å². The summed E-state index contributed by atoms with van der Waals surface area (Å²) >= 11 is 3.56. The smallest absolute Gasteiger partial charge is 0.232 e. The van der Waals surface area contributed by atoms with Gasteiger partial charge in [0.2, 0.25) is 5.91 Å². The Bertz CT molecular complexity index is 987. The van der Waals surface area contributed by atoms with E-state index < -0.39 is 21.1 Å². The largest absolute Gasteiger partial charge is 0.326 e. The number of benzene rings is 2. The van der Waals surface area contributed by atoms with E-state index in [4.69, 9.17) is 0 Å². The monoisotopic (exact) mass is 453 g/mol. The molecular formula is C23H24BrN3O2. The van der Waals surface area contributed by atoms with Gasteiger partial charge in [-0.15, -0.1) is 0 Å². The number of fused-ring (bicyclic) bond motifs is 2. The van der Waals surface area contributed by atoms with Crippen molar-refractivity contribution in [1.29, 1.82) is 0 Å². The number of Topliss-reactive ketones (excluding diaryl/α,β-unsaturated/α-hetero) is 1. The maximum absolute atomic E-state index is 13.4. The minimum atomic E-state index is -0.746. The molecule has 0 spiro atoms. The Hall–Kier alpha value is -2.34. The minimum absolute atomic E-state index is 0.0994. The highest BCUT2D eigenvalue weighted by molar-refractivity contribution is 9.10. The van der Waals surface area contributed by atoms with Crippen molar-refractivity contribution in [3.8, 4) is 0 Å². The quantitative estimate of drug-likeness (QED) is 0.442. The van der Waals surface area contributed by atoms with Crippen molar-refractivity contribution in [2.45, 2.75) is 38.4 Å². The molecule has 150 valence electrons. The van der Waals surface area contributed by atoms with Gasteiger partial charge in [-0.3, -0.25) is 9.59 Å². The molecule has 0 heterocycles. The number of anilines is 1. The summed E-state index contributed by atoms with van der Waals surface area (Å²) in [5.74, 6) is 0.0400. The number of azo groups is 1. The molecule has 2 fully saturated rings. The van der Waals surface area contributed by atoms with Crippen LogP contribution in [0.15, 0.2) is 64.8 Å². The number of halogens is 1. The van der Waals surface area contributed by atoms with Crippen LogP contribution >= 0.6 is 15.9 Å². The van der Waals surface area contributed by atoms with Crippen LogP contribution in [0.4, 0.5) is 17.1 Å². The van der Waals surface area contributed by atoms with Gasteiger partial charge in [0.1, 0.15) is 0 Å². The van der Waals surface area contributed by atoms with Crippen molar-refractivity contribution in [1.82, 2.24) is 0 Å². The van der Waals surface area contributed by atoms with Gasteiger partial charge < -0.3 is 5.32 Å². The predicted molar refractivity (Wildman–Crippen MR) is 117 cm³/mol. The Balaban J connectivity index is 1.52. The fourth-order valence-corrected chi connectivity index (χ4v) is 6.43. The molecule has 3 atom stereocenters. The summed E-state index contributed by atoms with van der Waals surface area (Å²) in [7, 11) is 0. The zero-order valence-corrected chi connectivity index (χ0v) is 18.4. The molecule has 2 aliphatic rings. The van der Waals surface area contributed by atoms with Gasteiger partial charge in [-0.1, -0.05) is 54.9 Å². The molecule has 1 N–H and O–H groups in total. The van der Waals surface area contributed by atoms with E-state index in [9.17, 15) is 9.59 Å². The molecule has 5 nitrogen and oxygen atoms in total. The third kappa shape index (κ3) is 2.80. The second kappa shape index (κ2) is 6.87. The molecule has 6 heteroatoms. The maximum atomic E-state index is 13.4. The van der Waals surface area contributed by atoms with E-state index in [1.54, 1.807) is 0 Å². The van der Waals surface area contributed by atoms with Crippen molar-refractivity contribution in [2.75, 3.05) is 5.32 Å². The molecule has 0 aromatic heterocycles. The summed E-state index contributed by atoms with van der Waals surface area (Å²) in [5, 5.41) is 11.5. The van der Waals surface area contributed by atoms with Crippen LogP contribution in [-0.4, -0.2) is 16.5 Å². The number of ketones is 1. The number of alkyl halides is 1. The number of carbonyl (C=O) groups excluding carboxylic acids is 2. The first-order valence-electron chi connectivity index (χ1n) is 9.79. The summed E-state index contributed by atoms with van der Waals surface area (Å²) < 4.78 is 0. The minimum Gasteiger partial charge on any atom is -0.326 e. The highest BCUT2D eigenvalue weighted by atomic mass is 79.9. The maximum Gasteiger partial charge on any atom is 0.232 e. The molecule has 0 unspecified atom stereocenters. The van der Waals surface area contributed by atoms with Gasteiger partial charge in [0, 0.05) is 11.1 Å². The number of carbonyl (C=O) groups is 2. The van der Waals surface area contributed by atoms with Crippen LogP contribution in [0.3, 0.4) is 0 Å². The van der Waals surface area contributed by atoms with Gasteiger partial charge in [-0.25, -0.2) is 0 Å². The Labute approximate surface area is 179 Å². The zero-order valence-electron chi connectivity index (χ0n) is 16.8. The zero-order chi connectivity index (χ0) is 20.9. The predicted octanol–water partition coefficient (Wildman–Crippen LogP) is 6.20. The van der Waals surface area contributed by atoms with Gasteiger partial charge in [0.25, 0.3) is 0 Å². The van der Waals surface area contributed by atoms with Crippen molar-refractivity contribution >= 4 is 44.7 Å². The lowest BCUT2D eigenvalue weighted by atomic mass is 9.64. The Morgan fingerprint density at radius 3 is 2.10 bits per heavy atom. The lowest BCUT2D eigenvalue weighted by Gasteiger charge is -2.39. The van der Waals surface area contributed by atoms with Crippen LogP contribution < -0.4 is 5.32 Å².